The van der Waals surface area contributed by atoms with Crippen LogP contribution >= 0.6 is 22.7 Å². The van der Waals surface area contributed by atoms with E-state index < -0.39 is 26.6 Å². The van der Waals surface area contributed by atoms with Gasteiger partial charge in [-0.2, -0.15) is 4.31 Å². The van der Waals surface area contributed by atoms with Crippen LogP contribution in [0, 0.1) is 11.6 Å². The highest BCUT2D eigenvalue weighted by Gasteiger charge is 2.29. The third-order valence-corrected chi connectivity index (χ3v) is 6.86. The molecule has 0 atom stereocenters. The molecule has 3 nitrogen and oxygen atoms in total. The van der Waals surface area contributed by atoms with Gasteiger partial charge in [-0.15, -0.1) is 22.7 Å². The Bertz CT molecular complexity index is 871. The van der Waals surface area contributed by atoms with Crippen LogP contribution in [0.3, 0.4) is 0 Å². The van der Waals surface area contributed by atoms with Crippen LogP contribution in [0.15, 0.2) is 58.1 Å². The van der Waals surface area contributed by atoms with Crippen LogP contribution in [0.25, 0.3) is 0 Å². The van der Waals surface area contributed by atoms with Crippen molar-refractivity contribution in [1.82, 2.24) is 4.31 Å². The summed E-state index contributed by atoms with van der Waals surface area (Å²) in [7, 11) is -4.17. The second kappa shape index (κ2) is 7.10. The molecule has 0 aliphatic carbocycles. The summed E-state index contributed by atoms with van der Waals surface area (Å²) in [5.41, 5.74) is 0. The second-order valence-electron chi connectivity index (χ2n) is 5.01. The summed E-state index contributed by atoms with van der Waals surface area (Å²) >= 11 is 2.82. The number of thiophene rings is 2. The fourth-order valence-electron chi connectivity index (χ4n) is 2.19. The smallest absolute Gasteiger partial charge is 0.207 e. The minimum atomic E-state index is -4.17. The standard InChI is InChI=1S/C16H13F2NO2S3/c17-12-5-6-15(18)16(9-12)24(20,21)19(10-13-3-1-7-22-13)11-14-4-2-8-23-14/h1-9H,10-11H2. The van der Waals surface area contributed by atoms with Crippen molar-refractivity contribution in [1.29, 1.82) is 0 Å². The van der Waals surface area contributed by atoms with Crippen LogP contribution < -0.4 is 0 Å². The first-order chi connectivity index (χ1) is 11.5. The van der Waals surface area contributed by atoms with Crippen LogP contribution in [0.4, 0.5) is 8.78 Å². The molecule has 0 aliphatic heterocycles. The molecule has 0 saturated heterocycles. The Morgan fingerprint density at radius 1 is 0.917 bits per heavy atom. The van der Waals surface area contributed by atoms with Crippen molar-refractivity contribution in [2.24, 2.45) is 0 Å². The summed E-state index contributed by atoms with van der Waals surface area (Å²) in [5, 5.41) is 3.68. The molecule has 0 N–H and O–H groups in total. The maximum absolute atomic E-state index is 14.0. The van der Waals surface area contributed by atoms with E-state index in [4.69, 9.17) is 0 Å². The lowest BCUT2D eigenvalue weighted by Gasteiger charge is -2.21. The molecule has 3 rings (SSSR count). The van der Waals surface area contributed by atoms with Crippen LogP contribution in [0.2, 0.25) is 0 Å². The number of benzene rings is 1. The molecule has 126 valence electrons. The number of hydrogen-bond donors (Lipinski definition) is 0. The van der Waals surface area contributed by atoms with Gasteiger partial charge in [0, 0.05) is 22.8 Å². The molecule has 2 aromatic heterocycles. The lowest BCUT2D eigenvalue weighted by molar-refractivity contribution is 0.402. The zero-order valence-corrected chi connectivity index (χ0v) is 14.8. The van der Waals surface area contributed by atoms with Crippen molar-refractivity contribution in [2.75, 3.05) is 0 Å². The van der Waals surface area contributed by atoms with E-state index in [0.717, 1.165) is 28.0 Å². The fraction of sp³-hybridized carbons (Fsp3) is 0.125. The van der Waals surface area contributed by atoms with Gasteiger partial charge in [0.05, 0.1) is 0 Å². The van der Waals surface area contributed by atoms with Crippen LogP contribution in [-0.2, 0) is 23.1 Å². The van der Waals surface area contributed by atoms with Crippen LogP contribution in [0.1, 0.15) is 9.75 Å². The molecule has 24 heavy (non-hydrogen) atoms. The molecule has 0 aliphatic rings. The van der Waals surface area contributed by atoms with Gasteiger partial charge < -0.3 is 0 Å². The minimum Gasteiger partial charge on any atom is -0.207 e. The largest absolute Gasteiger partial charge is 0.246 e. The van der Waals surface area contributed by atoms with E-state index in [1.165, 1.54) is 27.0 Å². The first-order valence-electron chi connectivity index (χ1n) is 6.97. The average Bonchev–Trinajstić information content (AvgIpc) is 3.22. The van der Waals surface area contributed by atoms with Crippen LogP contribution in [-0.4, -0.2) is 12.7 Å². The summed E-state index contributed by atoms with van der Waals surface area (Å²) in [6.07, 6.45) is 0. The summed E-state index contributed by atoms with van der Waals surface area (Å²) in [6, 6.07) is 9.71. The lowest BCUT2D eigenvalue weighted by Crippen LogP contribution is -2.30. The van der Waals surface area contributed by atoms with E-state index in [-0.39, 0.29) is 13.1 Å². The molecular weight excluding hydrogens is 372 g/mol. The summed E-state index contributed by atoms with van der Waals surface area (Å²) in [5.74, 6) is -1.75. The molecule has 0 unspecified atom stereocenters. The highest BCUT2D eigenvalue weighted by molar-refractivity contribution is 7.89. The van der Waals surface area contributed by atoms with E-state index in [0.29, 0.717) is 0 Å². The minimum absolute atomic E-state index is 0.105. The zero-order chi connectivity index (χ0) is 17.2. The molecule has 0 amide bonds. The van der Waals surface area contributed by atoms with Gasteiger partial charge in [-0.3, -0.25) is 0 Å². The monoisotopic (exact) mass is 385 g/mol. The highest BCUT2D eigenvalue weighted by Crippen LogP contribution is 2.26. The molecular formula is C16H13F2NO2S3. The van der Waals surface area contributed by atoms with Gasteiger partial charge in [-0.25, -0.2) is 17.2 Å². The van der Waals surface area contributed by atoms with E-state index in [1.54, 1.807) is 0 Å². The quantitative estimate of drug-likeness (QED) is 0.627. The average molecular weight is 385 g/mol. The Balaban J connectivity index is 2.00. The van der Waals surface area contributed by atoms with Gasteiger partial charge in [0.15, 0.2) is 0 Å². The van der Waals surface area contributed by atoms with Gasteiger partial charge in [0.25, 0.3) is 0 Å². The maximum atomic E-state index is 14.0. The summed E-state index contributed by atoms with van der Waals surface area (Å²) in [4.78, 5) is 1.01. The predicted octanol–water partition coefficient (Wildman–Crippen LogP) is 4.48. The Morgan fingerprint density at radius 3 is 2.00 bits per heavy atom. The van der Waals surface area contributed by atoms with E-state index in [1.807, 2.05) is 35.0 Å². The second-order valence-corrected chi connectivity index (χ2v) is 8.98. The molecule has 3 aromatic rings. The zero-order valence-electron chi connectivity index (χ0n) is 12.4. The van der Waals surface area contributed by atoms with Crippen molar-refractivity contribution in [2.45, 2.75) is 18.0 Å². The third kappa shape index (κ3) is 3.72. The van der Waals surface area contributed by atoms with Crippen molar-refractivity contribution in [3.8, 4) is 0 Å². The first-order valence-corrected chi connectivity index (χ1v) is 10.2. The molecule has 0 saturated carbocycles. The van der Waals surface area contributed by atoms with E-state index in [9.17, 15) is 17.2 Å². The number of rotatable bonds is 6. The van der Waals surface area contributed by atoms with Crippen molar-refractivity contribution in [3.05, 3.63) is 74.6 Å². The third-order valence-electron chi connectivity index (χ3n) is 3.34. The van der Waals surface area contributed by atoms with E-state index >= 15 is 0 Å². The molecule has 0 radical (unpaired) electrons. The molecule has 0 spiro atoms. The van der Waals surface area contributed by atoms with Crippen molar-refractivity contribution >= 4 is 32.7 Å². The summed E-state index contributed by atoms with van der Waals surface area (Å²) < 4.78 is 54.4. The topological polar surface area (TPSA) is 37.4 Å². The Kier molecular flexibility index (Phi) is 5.09. The molecule has 0 fully saturated rings. The highest BCUT2D eigenvalue weighted by atomic mass is 32.2. The fourth-order valence-corrected chi connectivity index (χ4v) is 5.27. The van der Waals surface area contributed by atoms with Crippen LogP contribution in [0.5, 0.6) is 0 Å². The predicted molar refractivity (Wildman–Crippen MR) is 91.4 cm³/mol. The van der Waals surface area contributed by atoms with Gasteiger partial charge >= 0.3 is 0 Å². The van der Waals surface area contributed by atoms with E-state index in [2.05, 4.69) is 0 Å². The Labute approximate surface area is 146 Å². The number of nitrogens with zero attached hydrogens (tertiary/aromatic N) is 1. The van der Waals surface area contributed by atoms with Gasteiger partial charge in [-0.05, 0) is 41.1 Å². The lowest BCUT2D eigenvalue weighted by atomic mass is 10.3. The van der Waals surface area contributed by atoms with Crippen molar-refractivity contribution in [3.63, 3.8) is 0 Å². The van der Waals surface area contributed by atoms with Crippen molar-refractivity contribution < 1.29 is 17.2 Å². The summed E-state index contributed by atoms with van der Waals surface area (Å²) in [6.45, 7) is 0.210. The molecule has 0 bridgehead atoms. The number of halogens is 2. The molecule has 2 heterocycles. The normalized spacial score (nSPS) is 12.0. The molecule has 1 aromatic carbocycles. The Hall–Kier alpha value is -1.61. The van der Waals surface area contributed by atoms with Gasteiger partial charge in [0.1, 0.15) is 16.5 Å². The number of hydrogen-bond acceptors (Lipinski definition) is 4. The molecule has 8 heteroatoms. The van der Waals surface area contributed by atoms with Gasteiger partial charge in [-0.1, -0.05) is 12.1 Å². The number of sulfonamides is 1. The first kappa shape index (κ1) is 17.2. The SMILES string of the molecule is O=S(=O)(c1cc(F)ccc1F)N(Cc1cccs1)Cc1cccs1. The maximum Gasteiger partial charge on any atom is 0.246 e. The Morgan fingerprint density at radius 2 is 1.50 bits per heavy atom. The van der Waals surface area contributed by atoms with Gasteiger partial charge in [0.2, 0.25) is 10.0 Å².